The first-order valence-electron chi connectivity index (χ1n) is 5.23. The summed E-state index contributed by atoms with van der Waals surface area (Å²) in [6, 6.07) is 8.53. The Hall–Kier alpha value is -0.795. The largest absolute Gasteiger partial charge is 0.454 e. The Labute approximate surface area is 84.4 Å². The molecule has 0 bridgehead atoms. The molecular weight excluding hydrogens is 175 g/mol. The van der Waals surface area contributed by atoms with E-state index in [9.17, 15) is 0 Å². The molecule has 0 saturated carbocycles. The lowest BCUT2D eigenvalue weighted by Crippen LogP contribution is -2.22. The number of aryl methyl sites for hydroxylation is 1. The van der Waals surface area contributed by atoms with Crippen molar-refractivity contribution in [2.75, 3.05) is 0 Å². The molecule has 1 fully saturated rings. The molecule has 0 N–H and O–H groups in total. The summed E-state index contributed by atoms with van der Waals surface area (Å²) in [6.45, 7) is 1.97. The molecule has 2 aliphatic rings. The minimum absolute atomic E-state index is 0.0452. The van der Waals surface area contributed by atoms with E-state index < -0.39 is 0 Å². The van der Waals surface area contributed by atoms with Crippen molar-refractivity contribution >= 4 is 7.12 Å². The molecule has 1 saturated heterocycles. The van der Waals surface area contributed by atoms with Crippen LogP contribution < -0.4 is 0 Å². The summed E-state index contributed by atoms with van der Waals surface area (Å²) in [7, 11) is -0.0452. The van der Waals surface area contributed by atoms with E-state index >= 15 is 0 Å². The molecule has 2 atom stereocenters. The Morgan fingerprint density at radius 1 is 1.29 bits per heavy atom. The van der Waals surface area contributed by atoms with Gasteiger partial charge in [-0.15, -0.1) is 0 Å². The Kier molecular flexibility index (Phi) is 1.89. The lowest BCUT2D eigenvalue weighted by atomic mass is 9.88. The zero-order chi connectivity index (χ0) is 9.54. The van der Waals surface area contributed by atoms with Crippen LogP contribution in [0.5, 0.6) is 0 Å². The maximum absolute atomic E-state index is 5.77. The molecule has 2 nitrogen and oxygen atoms in total. The van der Waals surface area contributed by atoms with Crippen LogP contribution in [-0.2, 0) is 15.7 Å². The van der Waals surface area contributed by atoms with Crippen molar-refractivity contribution in [3.05, 3.63) is 35.4 Å². The van der Waals surface area contributed by atoms with E-state index in [1.807, 2.05) is 6.82 Å². The van der Waals surface area contributed by atoms with Crippen molar-refractivity contribution < 1.29 is 9.31 Å². The molecule has 0 aromatic heterocycles. The summed E-state index contributed by atoms with van der Waals surface area (Å²) in [5.41, 5.74) is 2.75. The van der Waals surface area contributed by atoms with E-state index in [1.54, 1.807) is 0 Å². The van der Waals surface area contributed by atoms with Gasteiger partial charge in [0.2, 0.25) is 0 Å². The first kappa shape index (κ1) is 8.51. The third-order valence-corrected chi connectivity index (χ3v) is 3.10. The first-order chi connectivity index (χ1) is 6.84. The van der Waals surface area contributed by atoms with Crippen molar-refractivity contribution in [1.82, 2.24) is 0 Å². The Morgan fingerprint density at radius 2 is 2.14 bits per heavy atom. The Bertz CT molecular complexity index is 353. The van der Waals surface area contributed by atoms with Gasteiger partial charge >= 0.3 is 7.12 Å². The topological polar surface area (TPSA) is 18.5 Å². The summed E-state index contributed by atoms with van der Waals surface area (Å²) in [4.78, 5) is 0. The van der Waals surface area contributed by atoms with Gasteiger partial charge in [-0.05, 0) is 30.8 Å². The van der Waals surface area contributed by atoms with Gasteiger partial charge in [0, 0.05) is 0 Å². The van der Waals surface area contributed by atoms with Crippen molar-refractivity contribution in [2.24, 2.45) is 0 Å². The molecule has 0 spiro atoms. The third kappa shape index (κ3) is 1.20. The van der Waals surface area contributed by atoms with E-state index in [0.717, 1.165) is 12.8 Å². The number of benzene rings is 1. The maximum atomic E-state index is 5.77. The van der Waals surface area contributed by atoms with Gasteiger partial charge in [0.1, 0.15) is 0 Å². The average Bonchev–Trinajstić information content (AvgIpc) is 2.59. The fourth-order valence-electron chi connectivity index (χ4n) is 2.47. The van der Waals surface area contributed by atoms with Gasteiger partial charge in [-0.1, -0.05) is 24.3 Å². The van der Waals surface area contributed by atoms with Crippen molar-refractivity contribution in [3.63, 3.8) is 0 Å². The minimum Gasteiger partial charge on any atom is -0.405 e. The smallest absolute Gasteiger partial charge is 0.405 e. The second kappa shape index (κ2) is 3.11. The molecule has 1 aromatic carbocycles. The van der Waals surface area contributed by atoms with Crippen molar-refractivity contribution in [2.45, 2.75) is 31.9 Å². The summed E-state index contributed by atoms with van der Waals surface area (Å²) in [6.07, 6.45) is 2.66. The van der Waals surface area contributed by atoms with E-state index in [1.165, 1.54) is 11.1 Å². The lowest BCUT2D eigenvalue weighted by Gasteiger charge is -2.26. The highest BCUT2D eigenvalue weighted by molar-refractivity contribution is 6.43. The number of hydrogen-bond acceptors (Lipinski definition) is 2. The summed E-state index contributed by atoms with van der Waals surface area (Å²) in [5, 5.41) is 0. The molecule has 0 amide bonds. The molecule has 1 aliphatic carbocycles. The molecule has 1 heterocycles. The molecule has 1 aromatic rings. The van der Waals surface area contributed by atoms with Gasteiger partial charge in [0.15, 0.2) is 0 Å². The standard InChI is InChI=1S/C11H13BO2/c1-12-13-10-7-6-8-4-2-3-5-9(8)11(10)14-12/h2-5,10-11H,6-7H2,1H3/t10-,11-/m0/s1. The molecule has 72 valence electrons. The van der Waals surface area contributed by atoms with Gasteiger partial charge in [-0.3, -0.25) is 0 Å². The van der Waals surface area contributed by atoms with E-state index in [4.69, 9.17) is 9.31 Å². The quantitative estimate of drug-likeness (QED) is 0.581. The van der Waals surface area contributed by atoms with Crippen LogP contribution in [0.15, 0.2) is 24.3 Å². The van der Waals surface area contributed by atoms with Crippen molar-refractivity contribution in [3.8, 4) is 0 Å². The fraction of sp³-hybridized carbons (Fsp3) is 0.455. The molecule has 1 aliphatic heterocycles. The van der Waals surface area contributed by atoms with Crippen LogP contribution >= 0.6 is 0 Å². The van der Waals surface area contributed by atoms with E-state index in [2.05, 4.69) is 24.3 Å². The molecule has 3 heteroatoms. The van der Waals surface area contributed by atoms with Gasteiger partial charge in [0.25, 0.3) is 0 Å². The summed E-state index contributed by atoms with van der Waals surface area (Å²) in [5.74, 6) is 0. The summed E-state index contributed by atoms with van der Waals surface area (Å²) < 4.78 is 11.5. The monoisotopic (exact) mass is 188 g/mol. The van der Waals surface area contributed by atoms with Crippen molar-refractivity contribution in [1.29, 1.82) is 0 Å². The van der Waals surface area contributed by atoms with Crippen LogP contribution in [0.2, 0.25) is 6.82 Å². The molecule has 0 radical (unpaired) electrons. The van der Waals surface area contributed by atoms with Gasteiger partial charge < -0.3 is 9.31 Å². The first-order valence-corrected chi connectivity index (χ1v) is 5.23. The highest BCUT2D eigenvalue weighted by Crippen LogP contribution is 2.39. The predicted molar refractivity (Wildman–Crippen MR) is 55.1 cm³/mol. The SMILES string of the molecule is CB1O[C@H]2CCc3ccccc3[C@@H]2O1. The summed E-state index contributed by atoms with van der Waals surface area (Å²) >= 11 is 0. The zero-order valence-corrected chi connectivity index (χ0v) is 8.27. The second-order valence-corrected chi connectivity index (χ2v) is 4.04. The number of fused-ring (bicyclic) bond motifs is 3. The van der Waals surface area contributed by atoms with Crippen LogP contribution in [0.4, 0.5) is 0 Å². The Balaban J connectivity index is 2.01. The fourth-order valence-corrected chi connectivity index (χ4v) is 2.47. The van der Waals surface area contributed by atoms with E-state index in [0.29, 0.717) is 0 Å². The highest BCUT2D eigenvalue weighted by atomic mass is 16.7. The highest BCUT2D eigenvalue weighted by Gasteiger charge is 2.40. The zero-order valence-electron chi connectivity index (χ0n) is 8.27. The normalized spacial score (nSPS) is 29.9. The molecule has 0 unspecified atom stereocenters. The van der Waals surface area contributed by atoms with Crippen LogP contribution in [0.25, 0.3) is 0 Å². The van der Waals surface area contributed by atoms with E-state index in [-0.39, 0.29) is 19.3 Å². The second-order valence-electron chi connectivity index (χ2n) is 4.04. The number of hydrogen-bond donors (Lipinski definition) is 0. The van der Waals surface area contributed by atoms with Gasteiger partial charge in [0.05, 0.1) is 12.2 Å². The maximum Gasteiger partial charge on any atom is 0.454 e. The van der Waals surface area contributed by atoms with Crippen LogP contribution in [0.3, 0.4) is 0 Å². The predicted octanol–water partition coefficient (Wildman–Crippen LogP) is 2.21. The minimum atomic E-state index is -0.0452. The lowest BCUT2D eigenvalue weighted by molar-refractivity contribution is 0.138. The molecular formula is C11H13BO2. The number of rotatable bonds is 0. The van der Waals surface area contributed by atoms with Crippen LogP contribution in [-0.4, -0.2) is 13.2 Å². The van der Waals surface area contributed by atoms with Gasteiger partial charge in [-0.25, -0.2) is 0 Å². The van der Waals surface area contributed by atoms with Crippen LogP contribution in [0, 0.1) is 0 Å². The average molecular weight is 188 g/mol. The third-order valence-electron chi connectivity index (χ3n) is 3.10. The Morgan fingerprint density at radius 3 is 3.07 bits per heavy atom. The molecule has 14 heavy (non-hydrogen) atoms. The van der Waals surface area contributed by atoms with Gasteiger partial charge in [-0.2, -0.15) is 0 Å². The molecule has 3 rings (SSSR count). The van der Waals surface area contributed by atoms with Crippen LogP contribution in [0.1, 0.15) is 23.7 Å².